The van der Waals surface area contributed by atoms with Crippen LogP contribution in [-0.4, -0.2) is 21.2 Å². The van der Waals surface area contributed by atoms with Gasteiger partial charge in [0, 0.05) is 17.8 Å². The second kappa shape index (κ2) is 3.51. The van der Waals surface area contributed by atoms with Crippen molar-refractivity contribution in [2.75, 3.05) is 0 Å². The van der Waals surface area contributed by atoms with Crippen LogP contribution in [0, 0.1) is 0 Å². The fraction of sp³-hybridized carbons (Fsp3) is 0.375. The first kappa shape index (κ1) is 8.96. The van der Waals surface area contributed by atoms with E-state index in [1.54, 1.807) is 13.0 Å². The maximum atomic E-state index is 9.47. The second-order valence-corrected chi connectivity index (χ2v) is 2.74. The maximum absolute atomic E-state index is 9.47. The van der Waals surface area contributed by atoms with E-state index >= 15 is 0 Å². The first-order valence-electron chi connectivity index (χ1n) is 3.69. The zero-order chi connectivity index (χ0) is 9.14. The van der Waals surface area contributed by atoms with Crippen molar-refractivity contribution in [3.8, 4) is 5.75 Å². The predicted octanol–water partition coefficient (Wildman–Crippen LogP) is 0.168. The second-order valence-electron chi connectivity index (χ2n) is 2.74. The van der Waals surface area contributed by atoms with Crippen LogP contribution in [0.4, 0.5) is 0 Å². The van der Waals surface area contributed by atoms with Crippen LogP contribution in [0.2, 0.25) is 0 Å². The van der Waals surface area contributed by atoms with Crippen LogP contribution in [0.1, 0.15) is 18.6 Å². The van der Waals surface area contributed by atoms with E-state index in [0.29, 0.717) is 5.56 Å². The van der Waals surface area contributed by atoms with Gasteiger partial charge in [0.05, 0.1) is 12.3 Å². The highest BCUT2D eigenvalue weighted by Gasteiger charge is 2.15. The molecule has 0 aliphatic carbocycles. The predicted molar refractivity (Wildman–Crippen MR) is 44.5 cm³/mol. The van der Waals surface area contributed by atoms with Gasteiger partial charge in [-0.1, -0.05) is 0 Å². The molecule has 0 radical (unpaired) electrons. The minimum atomic E-state index is -0.840. The lowest BCUT2D eigenvalue weighted by molar-refractivity contribution is 0.150. The molecule has 0 bridgehead atoms. The van der Waals surface area contributed by atoms with E-state index in [4.69, 9.17) is 5.73 Å². The molecule has 2 unspecified atom stereocenters. The molecule has 2 atom stereocenters. The number of aromatic nitrogens is 1. The number of rotatable bonds is 2. The molecule has 0 amide bonds. The first-order valence-corrected chi connectivity index (χ1v) is 3.69. The molecule has 4 heteroatoms. The van der Waals surface area contributed by atoms with E-state index in [-0.39, 0.29) is 5.75 Å². The fourth-order valence-electron chi connectivity index (χ4n) is 0.930. The van der Waals surface area contributed by atoms with Crippen LogP contribution in [-0.2, 0) is 0 Å². The Kier molecular flexibility index (Phi) is 2.62. The summed E-state index contributed by atoms with van der Waals surface area (Å²) in [6.45, 7) is 1.67. The smallest absolute Gasteiger partial charge is 0.139 e. The van der Waals surface area contributed by atoms with Gasteiger partial charge in [-0.3, -0.25) is 4.98 Å². The van der Waals surface area contributed by atoms with E-state index in [1.165, 1.54) is 12.4 Å². The molecule has 1 heterocycles. The summed E-state index contributed by atoms with van der Waals surface area (Å²) < 4.78 is 0. The highest BCUT2D eigenvalue weighted by atomic mass is 16.3. The van der Waals surface area contributed by atoms with Gasteiger partial charge in [-0.2, -0.15) is 0 Å². The van der Waals surface area contributed by atoms with Crippen molar-refractivity contribution in [1.29, 1.82) is 0 Å². The summed E-state index contributed by atoms with van der Waals surface area (Å²) in [7, 11) is 0. The number of nitrogens with two attached hydrogens (primary N) is 1. The van der Waals surface area contributed by atoms with Crippen molar-refractivity contribution >= 4 is 0 Å². The molecule has 66 valence electrons. The number of aliphatic hydroxyl groups excluding tert-OH is 1. The summed E-state index contributed by atoms with van der Waals surface area (Å²) in [6, 6.07) is 1.14. The molecule has 0 saturated heterocycles. The molecule has 12 heavy (non-hydrogen) atoms. The standard InChI is InChI=1S/C8H12N2O2/c1-5(9)8(12)6-2-3-10-4-7(6)11/h2-5,8,11-12H,9H2,1H3. The van der Waals surface area contributed by atoms with Crippen LogP contribution in [0.15, 0.2) is 18.5 Å². The zero-order valence-corrected chi connectivity index (χ0v) is 6.81. The molecule has 1 rings (SSSR count). The number of hydrogen-bond acceptors (Lipinski definition) is 4. The van der Waals surface area contributed by atoms with Crippen molar-refractivity contribution in [1.82, 2.24) is 4.98 Å². The summed E-state index contributed by atoms with van der Waals surface area (Å²) in [5.41, 5.74) is 5.87. The molecule has 0 aliphatic heterocycles. The van der Waals surface area contributed by atoms with Crippen LogP contribution in [0.5, 0.6) is 5.75 Å². The Morgan fingerprint density at radius 2 is 2.25 bits per heavy atom. The minimum Gasteiger partial charge on any atom is -0.506 e. The van der Waals surface area contributed by atoms with Crippen molar-refractivity contribution < 1.29 is 10.2 Å². The molecular weight excluding hydrogens is 156 g/mol. The van der Waals surface area contributed by atoms with Gasteiger partial charge < -0.3 is 15.9 Å². The lowest BCUT2D eigenvalue weighted by atomic mass is 10.1. The van der Waals surface area contributed by atoms with Gasteiger partial charge in [0.25, 0.3) is 0 Å². The number of aliphatic hydroxyl groups is 1. The lowest BCUT2D eigenvalue weighted by Gasteiger charge is -2.15. The van der Waals surface area contributed by atoms with Gasteiger partial charge in [-0.05, 0) is 13.0 Å². The Morgan fingerprint density at radius 3 is 2.75 bits per heavy atom. The molecule has 0 spiro atoms. The van der Waals surface area contributed by atoms with Crippen molar-refractivity contribution in [2.45, 2.75) is 19.1 Å². The van der Waals surface area contributed by atoms with Gasteiger partial charge in [-0.15, -0.1) is 0 Å². The Balaban J connectivity index is 2.94. The summed E-state index contributed by atoms with van der Waals surface area (Å²) in [5.74, 6) is -0.0256. The van der Waals surface area contributed by atoms with Crippen molar-refractivity contribution in [2.24, 2.45) is 5.73 Å². The van der Waals surface area contributed by atoms with Gasteiger partial charge in [0.15, 0.2) is 0 Å². The summed E-state index contributed by atoms with van der Waals surface area (Å²) in [4.78, 5) is 3.68. The van der Waals surface area contributed by atoms with Crippen LogP contribution in [0.25, 0.3) is 0 Å². The highest BCUT2D eigenvalue weighted by molar-refractivity contribution is 5.30. The summed E-state index contributed by atoms with van der Waals surface area (Å²) >= 11 is 0. The molecule has 4 N–H and O–H groups in total. The Hall–Kier alpha value is -1.13. The third-order valence-electron chi connectivity index (χ3n) is 1.65. The number of pyridine rings is 1. The number of nitrogens with zero attached hydrogens (tertiary/aromatic N) is 1. The quantitative estimate of drug-likeness (QED) is 0.588. The average Bonchev–Trinajstić information content (AvgIpc) is 2.04. The molecule has 0 fully saturated rings. The van der Waals surface area contributed by atoms with Crippen molar-refractivity contribution in [3.63, 3.8) is 0 Å². The van der Waals surface area contributed by atoms with E-state index < -0.39 is 12.1 Å². The topological polar surface area (TPSA) is 79.4 Å². The van der Waals surface area contributed by atoms with Crippen LogP contribution < -0.4 is 5.73 Å². The Labute approximate surface area is 70.7 Å². The maximum Gasteiger partial charge on any atom is 0.139 e. The van der Waals surface area contributed by atoms with Crippen LogP contribution in [0.3, 0.4) is 0 Å². The van der Waals surface area contributed by atoms with Crippen LogP contribution >= 0.6 is 0 Å². The summed E-state index contributed by atoms with van der Waals surface area (Å²) in [6.07, 6.45) is 1.94. The average molecular weight is 168 g/mol. The van der Waals surface area contributed by atoms with E-state index in [9.17, 15) is 10.2 Å². The Bertz CT molecular complexity index is 263. The molecule has 0 aliphatic rings. The van der Waals surface area contributed by atoms with Gasteiger partial charge in [0.2, 0.25) is 0 Å². The lowest BCUT2D eigenvalue weighted by Crippen LogP contribution is -2.24. The normalized spacial score (nSPS) is 15.6. The SMILES string of the molecule is CC(N)C(O)c1ccncc1O. The Morgan fingerprint density at radius 1 is 1.58 bits per heavy atom. The minimum absolute atomic E-state index is 0.0256. The zero-order valence-electron chi connectivity index (χ0n) is 6.81. The highest BCUT2D eigenvalue weighted by Crippen LogP contribution is 2.23. The largest absolute Gasteiger partial charge is 0.506 e. The van der Waals surface area contributed by atoms with Gasteiger partial charge >= 0.3 is 0 Å². The number of aromatic hydroxyl groups is 1. The van der Waals surface area contributed by atoms with Gasteiger partial charge in [-0.25, -0.2) is 0 Å². The van der Waals surface area contributed by atoms with Crippen molar-refractivity contribution in [3.05, 3.63) is 24.0 Å². The van der Waals surface area contributed by atoms with E-state index in [2.05, 4.69) is 4.98 Å². The monoisotopic (exact) mass is 168 g/mol. The molecule has 1 aromatic heterocycles. The molecule has 4 nitrogen and oxygen atoms in total. The molecule has 0 saturated carbocycles. The fourth-order valence-corrected chi connectivity index (χ4v) is 0.930. The molecular formula is C8H12N2O2. The molecule has 0 aromatic carbocycles. The van der Waals surface area contributed by atoms with Gasteiger partial charge in [0.1, 0.15) is 5.75 Å². The third kappa shape index (κ3) is 1.72. The summed E-state index contributed by atoms with van der Waals surface area (Å²) in [5, 5.41) is 18.7. The first-order chi connectivity index (χ1) is 5.63. The van der Waals surface area contributed by atoms with E-state index in [1.807, 2.05) is 0 Å². The number of hydrogen-bond donors (Lipinski definition) is 3. The third-order valence-corrected chi connectivity index (χ3v) is 1.65. The molecule has 1 aromatic rings. The van der Waals surface area contributed by atoms with E-state index in [0.717, 1.165) is 0 Å².